The van der Waals surface area contributed by atoms with Crippen molar-refractivity contribution in [3.05, 3.63) is 12.8 Å². The summed E-state index contributed by atoms with van der Waals surface area (Å²) in [4.78, 5) is 0. The fourth-order valence-electron chi connectivity index (χ4n) is 0.359. The molecule has 0 saturated heterocycles. The molecular weight excluding hydrogens is 208 g/mol. The molecule has 0 radical (unpaired) electrons. The molecular formula is C4H8O6S2. The molecule has 12 heavy (non-hydrogen) atoms. The lowest BCUT2D eigenvalue weighted by Gasteiger charge is -1.99. The van der Waals surface area contributed by atoms with Gasteiger partial charge in [-0.2, -0.15) is 16.8 Å². The molecule has 0 bridgehead atoms. The van der Waals surface area contributed by atoms with Gasteiger partial charge in [0.15, 0.2) is 0 Å². The molecule has 72 valence electrons. The molecule has 0 rings (SSSR count). The summed E-state index contributed by atoms with van der Waals surface area (Å²) in [6, 6.07) is 0. The van der Waals surface area contributed by atoms with Crippen LogP contribution in [0.1, 0.15) is 0 Å². The Labute approximate surface area is 70.7 Å². The molecule has 0 aliphatic rings. The zero-order valence-electron chi connectivity index (χ0n) is 6.00. The van der Waals surface area contributed by atoms with Crippen LogP contribution in [0.5, 0.6) is 0 Å². The second-order valence-corrected chi connectivity index (χ2v) is 5.10. The lowest BCUT2D eigenvalue weighted by atomic mass is 11.0. The van der Waals surface area contributed by atoms with Crippen LogP contribution in [0.25, 0.3) is 0 Å². The molecule has 0 aliphatic heterocycles. The minimum atomic E-state index is -4.27. The van der Waals surface area contributed by atoms with E-state index in [4.69, 9.17) is 4.55 Å². The Bertz CT molecular complexity index is 336. The molecule has 0 aromatic rings. The average molecular weight is 216 g/mol. The topological polar surface area (TPSA) is 97.7 Å². The zero-order chi connectivity index (χ0) is 9.83. The fraction of sp³-hybridized carbons (Fsp3) is 0.500. The van der Waals surface area contributed by atoms with Crippen LogP contribution in [0.4, 0.5) is 0 Å². The standard InChI is InChI=1S/C4H8O6S2/c1-2-10-12(8,9)4-3-11(5,6)7/h2H,1,3-4H2,(H,5,6,7). The van der Waals surface area contributed by atoms with Crippen molar-refractivity contribution in [3.8, 4) is 0 Å². The summed E-state index contributed by atoms with van der Waals surface area (Å²) in [5, 5.41) is 0. The van der Waals surface area contributed by atoms with Crippen molar-refractivity contribution in [1.29, 1.82) is 0 Å². The highest BCUT2D eigenvalue weighted by Crippen LogP contribution is 1.95. The Kier molecular flexibility index (Phi) is 3.68. The summed E-state index contributed by atoms with van der Waals surface area (Å²) < 4.78 is 53.6. The van der Waals surface area contributed by atoms with Crippen LogP contribution in [-0.4, -0.2) is 32.9 Å². The van der Waals surface area contributed by atoms with Gasteiger partial charge in [0.1, 0.15) is 5.75 Å². The Hall–Kier alpha value is -0.600. The molecule has 0 saturated carbocycles. The molecule has 0 atom stereocenters. The van der Waals surface area contributed by atoms with Crippen LogP contribution < -0.4 is 0 Å². The first-order valence-electron chi connectivity index (χ1n) is 2.74. The van der Waals surface area contributed by atoms with Crippen LogP contribution in [-0.2, 0) is 24.4 Å². The highest BCUT2D eigenvalue weighted by atomic mass is 32.2. The Balaban J connectivity index is 4.20. The molecule has 0 aliphatic carbocycles. The molecule has 6 nitrogen and oxygen atoms in total. The zero-order valence-corrected chi connectivity index (χ0v) is 7.64. The summed E-state index contributed by atoms with van der Waals surface area (Å²) in [5.74, 6) is -1.68. The summed E-state index contributed by atoms with van der Waals surface area (Å²) in [6.07, 6.45) is 0.666. The van der Waals surface area contributed by atoms with Gasteiger partial charge in [0.05, 0.1) is 12.0 Å². The lowest BCUT2D eigenvalue weighted by molar-refractivity contribution is 0.443. The van der Waals surface area contributed by atoms with Gasteiger partial charge in [-0.05, 0) is 0 Å². The van der Waals surface area contributed by atoms with E-state index in [0.29, 0.717) is 6.26 Å². The van der Waals surface area contributed by atoms with Gasteiger partial charge in [-0.15, -0.1) is 0 Å². The predicted molar refractivity (Wildman–Crippen MR) is 41.5 cm³/mol. The largest absolute Gasteiger partial charge is 0.391 e. The van der Waals surface area contributed by atoms with Crippen molar-refractivity contribution in [2.75, 3.05) is 11.5 Å². The third-order valence-corrected chi connectivity index (χ3v) is 2.92. The van der Waals surface area contributed by atoms with Gasteiger partial charge < -0.3 is 4.18 Å². The van der Waals surface area contributed by atoms with Crippen LogP contribution in [0.2, 0.25) is 0 Å². The van der Waals surface area contributed by atoms with Gasteiger partial charge in [0.25, 0.3) is 10.1 Å². The van der Waals surface area contributed by atoms with Crippen molar-refractivity contribution in [2.45, 2.75) is 0 Å². The molecule has 0 unspecified atom stereocenters. The number of hydrogen-bond acceptors (Lipinski definition) is 5. The molecule has 0 spiro atoms. The van der Waals surface area contributed by atoms with Crippen LogP contribution >= 0.6 is 0 Å². The lowest BCUT2D eigenvalue weighted by Crippen LogP contribution is -2.16. The Morgan fingerprint density at radius 3 is 2.08 bits per heavy atom. The van der Waals surface area contributed by atoms with Crippen molar-refractivity contribution >= 4 is 20.2 Å². The minimum Gasteiger partial charge on any atom is -0.391 e. The van der Waals surface area contributed by atoms with E-state index < -0.39 is 31.7 Å². The van der Waals surface area contributed by atoms with Gasteiger partial charge in [-0.25, -0.2) is 0 Å². The third-order valence-electron chi connectivity index (χ3n) is 0.806. The average Bonchev–Trinajstić information content (AvgIpc) is 1.83. The summed E-state index contributed by atoms with van der Waals surface area (Å²) >= 11 is 0. The monoisotopic (exact) mass is 216 g/mol. The van der Waals surface area contributed by atoms with E-state index in [-0.39, 0.29) is 0 Å². The van der Waals surface area contributed by atoms with Gasteiger partial charge >= 0.3 is 10.1 Å². The van der Waals surface area contributed by atoms with Gasteiger partial charge in [0, 0.05) is 0 Å². The molecule has 1 N–H and O–H groups in total. The SMILES string of the molecule is C=COS(=O)(=O)CCS(=O)(=O)O. The second-order valence-electron chi connectivity index (χ2n) is 1.81. The van der Waals surface area contributed by atoms with Gasteiger partial charge in [0.2, 0.25) is 0 Å². The van der Waals surface area contributed by atoms with E-state index in [2.05, 4.69) is 10.8 Å². The van der Waals surface area contributed by atoms with E-state index in [9.17, 15) is 16.8 Å². The van der Waals surface area contributed by atoms with Crippen LogP contribution in [0.15, 0.2) is 12.8 Å². The van der Waals surface area contributed by atoms with Crippen molar-refractivity contribution in [2.24, 2.45) is 0 Å². The van der Waals surface area contributed by atoms with Gasteiger partial charge in [-0.1, -0.05) is 6.58 Å². The quantitative estimate of drug-likeness (QED) is 0.373. The maximum Gasteiger partial charge on any atom is 0.309 e. The highest BCUT2D eigenvalue weighted by molar-refractivity contribution is 7.90. The summed E-state index contributed by atoms with van der Waals surface area (Å²) in [7, 11) is -8.19. The van der Waals surface area contributed by atoms with Crippen LogP contribution in [0, 0.1) is 0 Å². The van der Waals surface area contributed by atoms with Crippen molar-refractivity contribution in [3.63, 3.8) is 0 Å². The third kappa shape index (κ3) is 6.13. The smallest absolute Gasteiger partial charge is 0.309 e. The van der Waals surface area contributed by atoms with E-state index in [1.807, 2.05) is 0 Å². The summed E-state index contributed by atoms with van der Waals surface area (Å²) in [5.41, 5.74) is 0. The maximum absolute atomic E-state index is 10.6. The molecule has 0 aromatic carbocycles. The molecule has 0 heterocycles. The first-order valence-corrected chi connectivity index (χ1v) is 5.92. The maximum atomic E-state index is 10.6. The Morgan fingerprint density at radius 1 is 1.25 bits per heavy atom. The van der Waals surface area contributed by atoms with Crippen molar-refractivity contribution in [1.82, 2.24) is 0 Å². The molecule has 8 heteroatoms. The second kappa shape index (κ2) is 3.87. The predicted octanol–water partition coefficient (Wildman–Crippen LogP) is -0.636. The van der Waals surface area contributed by atoms with E-state index in [1.165, 1.54) is 0 Å². The van der Waals surface area contributed by atoms with E-state index >= 15 is 0 Å². The van der Waals surface area contributed by atoms with Crippen LogP contribution in [0.3, 0.4) is 0 Å². The first kappa shape index (κ1) is 11.4. The normalized spacial score (nSPS) is 12.4. The molecule has 0 aromatic heterocycles. The van der Waals surface area contributed by atoms with E-state index in [1.54, 1.807) is 0 Å². The number of hydrogen-bond donors (Lipinski definition) is 1. The highest BCUT2D eigenvalue weighted by Gasteiger charge is 2.15. The Morgan fingerprint density at radius 2 is 1.75 bits per heavy atom. The molecule has 0 fully saturated rings. The minimum absolute atomic E-state index is 0.666. The molecule has 0 amide bonds. The van der Waals surface area contributed by atoms with Gasteiger partial charge in [-0.3, -0.25) is 4.55 Å². The first-order chi connectivity index (χ1) is 5.27. The van der Waals surface area contributed by atoms with E-state index in [0.717, 1.165) is 0 Å². The fourth-order valence-corrected chi connectivity index (χ4v) is 2.32. The number of rotatable bonds is 5. The summed E-state index contributed by atoms with van der Waals surface area (Å²) in [6.45, 7) is 2.98. The van der Waals surface area contributed by atoms with Crippen molar-refractivity contribution < 1.29 is 25.6 Å².